The molecule has 1 saturated carbocycles. The molecule has 0 aliphatic heterocycles. The molecular formula is C17H25NO3. The van der Waals surface area contributed by atoms with Crippen LogP contribution in [0.2, 0.25) is 0 Å². The lowest BCUT2D eigenvalue weighted by Crippen LogP contribution is -2.37. The number of benzene rings is 1. The second-order valence-corrected chi connectivity index (χ2v) is 5.73. The van der Waals surface area contributed by atoms with Crippen molar-refractivity contribution in [1.29, 1.82) is 0 Å². The first-order valence-electron chi connectivity index (χ1n) is 7.58. The molecule has 1 aliphatic rings. The smallest absolute Gasteiger partial charge is 0.319 e. The molecule has 0 N–H and O–H groups in total. The molecule has 1 aromatic carbocycles. The first-order valence-corrected chi connectivity index (χ1v) is 7.58. The van der Waals surface area contributed by atoms with Gasteiger partial charge in [0.25, 0.3) is 0 Å². The van der Waals surface area contributed by atoms with Crippen LogP contribution in [0.5, 0.6) is 5.75 Å². The SMILES string of the molecule is COC(=O)CN(Cc1cc(C)ccc1OC)C1CCCC1. The molecule has 0 amide bonds. The molecule has 21 heavy (non-hydrogen) atoms. The summed E-state index contributed by atoms with van der Waals surface area (Å²) in [6.07, 6.45) is 4.80. The normalized spacial score (nSPS) is 15.4. The average Bonchev–Trinajstić information content (AvgIpc) is 3.01. The number of aryl methyl sites for hydroxylation is 1. The topological polar surface area (TPSA) is 38.8 Å². The lowest BCUT2D eigenvalue weighted by atomic mass is 10.1. The average molecular weight is 291 g/mol. The van der Waals surface area contributed by atoms with Gasteiger partial charge in [-0.1, -0.05) is 30.5 Å². The number of nitrogens with zero attached hydrogens (tertiary/aromatic N) is 1. The van der Waals surface area contributed by atoms with Gasteiger partial charge in [0.2, 0.25) is 0 Å². The quantitative estimate of drug-likeness (QED) is 0.755. The summed E-state index contributed by atoms with van der Waals surface area (Å²) in [7, 11) is 3.14. The van der Waals surface area contributed by atoms with Gasteiger partial charge < -0.3 is 9.47 Å². The Balaban J connectivity index is 2.17. The minimum atomic E-state index is -0.173. The second-order valence-electron chi connectivity index (χ2n) is 5.73. The van der Waals surface area contributed by atoms with Crippen molar-refractivity contribution in [3.05, 3.63) is 29.3 Å². The fraction of sp³-hybridized carbons (Fsp3) is 0.588. The lowest BCUT2D eigenvalue weighted by Gasteiger charge is -2.28. The largest absolute Gasteiger partial charge is 0.496 e. The van der Waals surface area contributed by atoms with Crippen molar-refractivity contribution in [2.75, 3.05) is 20.8 Å². The number of esters is 1. The van der Waals surface area contributed by atoms with Crippen LogP contribution in [0, 0.1) is 6.92 Å². The summed E-state index contributed by atoms with van der Waals surface area (Å²) in [6, 6.07) is 6.64. The number of carbonyl (C=O) groups excluding carboxylic acids is 1. The van der Waals surface area contributed by atoms with Crippen LogP contribution in [0.15, 0.2) is 18.2 Å². The molecule has 0 heterocycles. The number of hydrogen-bond acceptors (Lipinski definition) is 4. The first kappa shape index (κ1) is 15.8. The number of hydrogen-bond donors (Lipinski definition) is 0. The van der Waals surface area contributed by atoms with E-state index in [1.807, 2.05) is 12.1 Å². The number of rotatable bonds is 6. The van der Waals surface area contributed by atoms with E-state index in [1.165, 1.54) is 25.5 Å². The zero-order valence-corrected chi connectivity index (χ0v) is 13.2. The summed E-state index contributed by atoms with van der Waals surface area (Å²) in [5.74, 6) is 0.710. The van der Waals surface area contributed by atoms with Gasteiger partial charge in [0.1, 0.15) is 5.75 Å². The molecule has 0 radical (unpaired) electrons. The van der Waals surface area contributed by atoms with E-state index in [0.29, 0.717) is 12.6 Å². The Kier molecular flexibility index (Phi) is 5.62. The highest BCUT2D eigenvalue weighted by molar-refractivity contribution is 5.71. The Morgan fingerprint density at radius 3 is 2.62 bits per heavy atom. The highest BCUT2D eigenvalue weighted by atomic mass is 16.5. The van der Waals surface area contributed by atoms with Crippen molar-refractivity contribution >= 4 is 5.97 Å². The highest BCUT2D eigenvalue weighted by Gasteiger charge is 2.25. The summed E-state index contributed by atoms with van der Waals surface area (Å²) >= 11 is 0. The zero-order valence-electron chi connectivity index (χ0n) is 13.2. The van der Waals surface area contributed by atoms with E-state index in [-0.39, 0.29) is 5.97 Å². The predicted octanol–water partition coefficient (Wildman–Crippen LogP) is 2.92. The van der Waals surface area contributed by atoms with E-state index < -0.39 is 0 Å². The van der Waals surface area contributed by atoms with Gasteiger partial charge >= 0.3 is 5.97 Å². The summed E-state index contributed by atoms with van der Waals surface area (Å²) in [5, 5.41) is 0. The molecule has 1 aliphatic carbocycles. The monoisotopic (exact) mass is 291 g/mol. The third kappa shape index (κ3) is 4.21. The molecule has 4 heteroatoms. The summed E-state index contributed by atoms with van der Waals surface area (Å²) in [5.41, 5.74) is 2.34. The molecule has 0 spiro atoms. The Labute approximate surface area is 127 Å². The van der Waals surface area contributed by atoms with E-state index in [1.54, 1.807) is 7.11 Å². The van der Waals surface area contributed by atoms with Crippen molar-refractivity contribution in [2.24, 2.45) is 0 Å². The van der Waals surface area contributed by atoms with Crippen LogP contribution in [-0.4, -0.2) is 37.7 Å². The van der Waals surface area contributed by atoms with Crippen LogP contribution < -0.4 is 4.74 Å². The van der Waals surface area contributed by atoms with Crippen LogP contribution in [0.4, 0.5) is 0 Å². The van der Waals surface area contributed by atoms with E-state index in [0.717, 1.165) is 30.7 Å². The van der Waals surface area contributed by atoms with Crippen LogP contribution in [0.3, 0.4) is 0 Å². The predicted molar refractivity (Wildman–Crippen MR) is 82.4 cm³/mol. The fourth-order valence-electron chi connectivity index (χ4n) is 3.06. The number of carbonyl (C=O) groups is 1. The van der Waals surface area contributed by atoms with Crippen LogP contribution >= 0.6 is 0 Å². The Hall–Kier alpha value is -1.55. The third-order valence-electron chi connectivity index (χ3n) is 4.21. The van der Waals surface area contributed by atoms with Crippen molar-refractivity contribution in [2.45, 2.75) is 45.2 Å². The summed E-state index contributed by atoms with van der Waals surface area (Å²) in [6.45, 7) is 3.14. The van der Waals surface area contributed by atoms with Gasteiger partial charge in [-0.3, -0.25) is 9.69 Å². The minimum absolute atomic E-state index is 0.173. The zero-order chi connectivity index (χ0) is 15.2. The summed E-state index contributed by atoms with van der Waals surface area (Å²) in [4.78, 5) is 13.9. The van der Waals surface area contributed by atoms with Gasteiger partial charge in [-0.05, 0) is 25.8 Å². The molecule has 0 saturated heterocycles. The molecule has 0 aromatic heterocycles. The fourth-order valence-corrected chi connectivity index (χ4v) is 3.06. The van der Waals surface area contributed by atoms with Gasteiger partial charge in [-0.25, -0.2) is 0 Å². The molecule has 0 unspecified atom stereocenters. The van der Waals surface area contributed by atoms with E-state index >= 15 is 0 Å². The molecule has 1 fully saturated rings. The molecular weight excluding hydrogens is 266 g/mol. The third-order valence-corrected chi connectivity index (χ3v) is 4.21. The van der Waals surface area contributed by atoms with Gasteiger partial charge in [0, 0.05) is 18.2 Å². The van der Waals surface area contributed by atoms with E-state index in [4.69, 9.17) is 9.47 Å². The number of ether oxygens (including phenoxy) is 2. The maximum absolute atomic E-state index is 11.7. The van der Waals surface area contributed by atoms with Gasteiger partial charge in [-0.2, -0.15) is 0 Å². The van der Waals surface area contributed by atoms with Gasteiger partial charge in [0.15, 0.2) is 0 Å². The Bertz CT molecular complexity index is 481. The molecule has 0 bridgehead atoms. The van der Waals surface area contributed by atoms with Crippen molar-refractivity contribution in [3.63, 3.8) is 0 Å². The Morgan fingerprint density at radius 1 is 1.29 bits per heavy atom. The Morgan fingerprint density at radius 2 is 2.00 bits per heavy atom. The van der Waals surface area contributed by atoms with Crippen LogP contribution in [0.25, 0.3) is 0 Å². The molecule has 2 rings (SSSR count). The molecule has 4 nitrogen and oxygen atoms in total. The molecule has 116 valence electrons. The van der Waals surface area contributed by atoms with Crippen molar-refractivity contribution in [3.8, 4) is 5.75 Å². The number of methoxy groups -OCH3 is 2. The van der Waals surface area contributed by atoms with Gasteiger partial charge in [-0.15, -0.1) is 0 Å². The maximum atomic E-state index is 11.7. The molecule has 0 atom stereocenters. The lowest BCUT2D eigenvalue weighted by molar-refractivity contribution is -0.142. The standard InChI is InChI=1S/C17H25NO3/c1-13-8-9-16(20-2)14(10-13)11-18(12-17(19)21-3)15-6-4-5-7-15/h8-10,15H,4-7,11-12H2,1-3H3. The van der Waals surface area contributed by atoms with Crippen molar-refractivity contribution in [1.82, 2.24) is 4.90 Å². The van der Waals surface area contributed by atoms with E-state index in [2.05, 4.69) is 17.9 Å². The molecule has 1 aromatic rings. The van der Waals surface area contributed by atoms with Crippen LogP contribution in [0.1, 0.15) is 36.8 Å². The minimum Gasteiger partial charge on any atom is -0.496 e. The summed E-state index contributed by atoms with van der Waals surface area (Å²) < 4.78 is 10.3. The second kappa shape index (κ2) is 7.46. The van der Waals surface area contributed by atoms with E-state index in [9.17, 15) is 4.79 Å². The van der Waals surface area contributed by atoms with Crippen molar-refractivity contribution < 1.29 is 14.3 Å². The van der Waals surface area contributed by atoms with Gasteiger partial charge in [0.05, 0.1) is 20.8 Å². The van der Waals surface area contributed by atoms with Crippen LogP contribution in [-0.2, 0) is 16.1 Å². The first-order chi connectivity index (χ1) is 10.1. The highest BCUT2D eigenvalue weighted by Crippen LogP contribution is 2.28. The maximum Gasteiger partial charge on any atom is 0.319 e.